The number of phosphoric acid groups is 1. The fourth-order valence-corrected chi connectivity index (χ4v) is 9.21. The molecule has 452 valence electrons. The third kappa shape index (κ3) is 58.9. The summed E-state index contributed by atoms with van der Waals surface area (Å²) in [4.78, 5) is 37.7. The number of allylic oxidation sites excluding steroid dienone is 19. The average Bonchev–Trinajstić information content (AvgIpc) is 3.41. The molecule has 0 aliphatic rings. The lowest BCUT2D eigenvalue weighted by Gasteiger charge is -2.27. The van der Waals surface area contributed by atoms with E-state index in [0.29, 0.717) is 23.9 Å². The molecule has 0 heterocycles. The predicted octanol–water partition coefficient (Wildman–Crippen LogP) is 19.9. The Balaban J connectivity index is 5.27. The highest BCUT2D eigenvalue weighted by Crippen LogP contribution is 2.43. The quantitative estimate of drug-likeness (QED) is 0.0205. The van der Waals surface area contributed by atoms with Crippen LogP contribution in [0.3, 0.4) is 0 Å². The molecule has 0 fully saturated rings. The van der Waals surface area contributed by atoms with Crippen LogP contribution in [0.4, 0.5) is 0 Å². The molecule has 0 aromatic rings. The number of quaternary nitrogens is 1. The SMILES string of the molecule is CC/C=C\C/C=C\C/C=C\C/C=C\C/C=C\CCCCCCCCCC(=O)OC(/C=C/CCCCCCCCCCC)C(COP(=O)(O)OCC[N+](C)(C)C)NC(=O)CCCCC/C=C\C/C=C\C/C=C\C/C=C\CCCCC. The zero-order valence-electron chi connectivity index (χ0n) is 51.6. The van der Waals surface area contributed by atoms with Gasteiger partial charge in [0, 0.05) is 12.8 Å². The Bertz CT molecular complexity index is 1770. The molecular weight excluding hydrogens is 1000 g/mol. The normalized spacial score (nSPS) is 14.5. The summed E-state index contributed by atoms with van der Waals surface area (Å²) in [5.74, 6) is -0.562. The van der Waals surface area contributed by atoms with Crippen molar-refractivity contribution in [2.75, 3.05) is 40.9 Å². The van der Waals surface area contributed by atoms with Crippen LogP contribution in [0, 0.1) is 0 Å². The van der Waals surface area contributed by atoms with Gasteiger partial charge in [-0.15, -0.1) is 0 Å². The van der Waals surface area contributed by atoms with Crippen LogP contribution in [-0.4, -0.2) is 74.3 Å². The molecule has 0 aromatic heterocycles. The Labute approximate surface area is 486 Å². The van der Waals surface area contributed by atoms with E-state index in [1.165, 1.54) is 89.9 Å². The zero-order chi connectivity index (χ0) is 57.9. The topological polar surface area (TPSA) is 111 Å². The monoisotopic (exact) mass is 1120 g/mol. The summed E-state index contributed by atoms with van der Waals surface area (Å²) in [5.41, 5.74) is 0. The number of likely N-dealkylation sites (N-methyl/N-ethyl adjacent to an activating group) is 1. The largest absolute Gasteiger partial charge is 0.472 e. The van der Waals surface area contributed by atoms with Gasteiger partial charge in [0.1, 0.15) is 19.3 Å². The summed E-state index contributed by atoms with van der Waals surface area (Å²) in [6.45, 7) is 6.82. The fourth-order valence-electron chi connectivity index (χ4n) is 8.48. The summed E-state index contributed by atoms with van der Waals surface area (Å²) in [7, 11) is 1.45. The van der Waals surface area contributed by atoms with Crippen molar-refractivity contribution in [1.82, 2.24) is 5.32 Å². The lowest BCUT2D eigenvalue weighted by atomic mass is 10.1. The molecule has 3 unspecified atom stereocenters. The van der Waals surface area contributed by atoms with Crippen molar-refractivity contribution < 1.29 is 37.3 Å². The van der Waals surface area contributed by atoms with Gasteiger partial charge < -0.3 is 19.4 Å². The van der Waals surface area contributed by atoms with Crippen molar-refractivity contribution in [3.8, 4) is 0 Å². The van der Waals surface area contributed by atoms with Crippen LogP contribution >= 0.6 is 7.82 Å². The van der Waals surface area contributed by atoms with Crippen molar-refractivity contribution in [2.45, 2.75) is 264 Å². The molecule has 9 nitrogen and oxygen atoms in total. The van der Waals surface area contributed by atoms with Gasteiger partial charge in [-0.3, -0.25) is 18.6 Å². The first-order valence-corrected chi connectivity index (χ1v) is 33.4. The van der Waals surface area contributed by atoms with Crippen LogP contribution in [0.1, 0.15) is 252 Å². The first kappa shape index (κ1) is 75.4. The number of ether oxygens (including phenoxy) is 1. The fraction of sp³-hybridized carbons (Fsp3) is 0.681. The molecule has 0 spiro atoms. The molecule has 0 saturated carbocycles. The lowest BCUT2D eigenvalue weighted by molar-refractivity contribution is -0.870. The number of esters is 1. The Hall–Kier alpha value is -3.59. The van der Waals surface area contributed by atoms with E-state index in [2.05, 4.69) is 135 Å². The first-order chi connectivity index (χ1) is 38.4. The third-order valence-corrected chi connectivity index (χ3v) is 14.4. The number of nitrogens with zero attached hydrogens (tertiary/aromatic N) is 1. The number of hydrogen-bond donors (Lipinski definition) is 2. The van der Waals surface area contributed by atoms with Crippen LogP contribution in [0.15, 0.2) is 122 Å². The van der Waals surface area contributed by atoms with Gasteiger partial charge in [0.2, 0.25) is 5.91 Å². The van der Waals surface area contributed by atoms with Crippen LogP contribution in [-0.2, 0) is 27.9 Å². The molecule has 2 N–H and O–H groups in total. The molecule has 0 aromatic carbocycles. The molecule has 79 heavy (non-hydrogen) atoms. The summed E-state index contributed by atoms with van der Waals surface area (Å²) in [5, 5.41) is 3.03. The second kappa shape index (κ2) is 57.6. The molecule has 0 rings (SSSR count). The Kier molecular flexibility index (Phi) is 55.0. The Morgan fingerprint density at radius 3 is 1.25 bits per heavy atom. The van der Waals surface area contributed by atoms with Gasteiger partial charge in [-0.2, -0.15) is 0 Å². The number of nitrogens with one attached hydrogen (secondary N) is 1. The minimum absolute atomic E-state index is 0.0253. The van der Waals surface area contributed by atoms with Crippen LogP contribution < -0.4 is 5.32 Å². The van der Waals surface area contributed by atoms with Crippen molar-refractivity contribution in [3.63, 3.8) is 0 Å². The van der Waals surface area contributed by atoms with E-state index in [4.69, 9.17) is 13.8 Å². The molecule has 0 radical (unpaired) electrons. The molecule has 1 amide bonds. The van der Waals surface area contributed by atoms with Gasteiger partial charge in [0.15, 0.2) is 0 Å². The maximum Gasteiger partial charge on any atom is 0.472 e. The molecule has 0 bridgehead atoms. The minimum atomic E-state index is -4.47. The van der Waals surface area contributed by atoms with Crippen LogP contribution in [0.25, 0.3) is 0 Å². The summed E-state index contributed by atoms with van der Waals surface area (Å²) >= 11 is 0. The van der Waals surface area contributed by atoms with Crippen LogP contribution in [0.5, 0.6) is 0 Å². The first-order valence-electron chi connectivity index (χ1n) is 31.9. The number of rotatable bonds is 56. The van der Waals surface area contributed by atoms with Crippen molar-refractivity contribution in [1.29, 1.82) is 0 Å². The van der Waals surface area contributed by atoms with Gasteiger partial charge >= 0.3 is 13.8 Å². The highest BCUT2D eigenvalue weighted by molar-refractivity contribution is 7.47. The average molecular weight is 1120 g/mol. The van der Waals surface area contributed by atoms with E-state index in [9.17, 15) is 19.0 Å². The molecular formula is C69H120N2O7P+. The second-order valence-electron chi connectivity index (χ2n) is 22.2. The minimum Gasteiger partial charge on any atom is -0.456 e. The smallest absolute Gasteiger partial charge is 0.456 e. The molecule has 0 saturated heterocycles. The number of hydrogen-bond acceptors (Lipinski definition) is 6. The maximum atomic E-state index is 13.5. The number of amides is 1. The van der Waals surface area contributed by atoms with Crippen molar-refractivity contribution in [3.05, 3.63) is 122 Å². The number of carbonyl (C=O) groups excluding carboxylic acids is 2. The van der Waals surface area contributed by atoms with Crippen LogP contribution in [0.2, 0.25) is 0 Å². The van der Waals surface area contributed by atoms with E-state index in [0.717, 1.165) is 116 Å². The number of unbranched alkanes of at least 4 members (excludes halogenated alkanes) is 22. The zero-order valence-corrected chi connectivity index (χ0v) is 52.5. The van der Waals surface area contributed by atoms with E-state index in [1.54, 1.807) is 0 Å². The molecule has 0 aliphatic heterocycles. The summed E-state index contributed by atoms with van der Waals surface area (Å²) in [6.07, 6.45) is 80.5. The summed E-state index contributed by atoms with van der Waals surface area (Å²) in [6, 6.07) is -0.878. The maximum absolute atomic E-state index is 13.5. The molecule has 10 heteroatoms. The van der Waals surface area contributed by atoms with Gasteiger partial charge in [-0.1, -0.05) is 239 Å². The Morgan fingerprint density at radius 1 is 0.456 bits per heavy atom. The van der Waals surface area contributed by atoms with Crippen molar-refractivity contribution >= 4 is 19.7 Å². The van der Waals surface area contributed by atoms with E-state index in [1.807, 2.05) is 33.3 Å². The number of carbonyl (C=O) groups is 2. The highest BCUT2D eigenvalue weighted by atomic mass is 31.2. The molecule has 3 atom stereocenters. The molecule has 0 aliphatic carbocycles. The number of phosphoric ester groups is 1. The van der Waals surface area contributed by atoms with Gasteiger partial charge in [-0.25, -0.2) is 4.57 Å². The van der Waals surface area contributed by atoms with Gasteiger partial charge in [0.05, 0.1) is 33.8 Å². The highest BCUT2D eigenvalue weighted by Gasteiger charge is 2.30. The van der Waals surface area contributed by atoms with Gasteiger partial charge in [0.25, 0.3) is 0 Å². The van der Waals surface area contributed by atoms with Gasteiger partial charge in [-0.05, 0) is 122 Å². The van der Waals surface area contributed by atoms with E-state index in [-0.39, 0.29) is 37.9 Å². The van der Waals surface area contributed by atoms with Crippen molar-refractivity contribution in [2.24, 2.45) is 0 Å². The van der Waals surface area contributed by atoms with E-state index < -0.39 is 20.0 Å². The lowest BCUT2D eigenvalue weighted by Crippen LogP contribution is -2.47. The second-order valence-corrected chi connectivity index (χ2v) is 23.6. The van der Waals surface area contributed by atoms with E-state index >= 15 is 0 Å². The summed E-state index contributed by atoms with van der Waals surface area (Å²) < 4.78 is 30.7. The predicted molar refractivity (Wildman–Crippen MR) is 341 cm³/mol. The third-order valence-electron chi connectivity index (χ3n) is 13.4. The Morgan fingerprint density at radius 2 is 0.810 bits per heavy atom. The standard InChI is InChI=1S/C69H119N2O7P/c1-7-10-13-16-19-22-25-27-29-31-33-34-35-36-38-40-42-44-47-50-53-56-59-62-69(73)78-67(60-57-54-51-48-45-24-21-18-15-12-9-3)66(65-77-79(74,75)76-64-63-71(4,5)6)70-68(72)61-58-55-52-49-46-43-41-39-37-32-30-28-26-23-20-17-14-11-8-2/h10,13,19-20,22-23,27-30,33-34,36-39,43,46,57,60,66-67H,7-9,11-12,14-18,21,24-26,31-32,35,40-42,44-45,47-56,58-59,61-65H2,1-6H3,(H-,70,72,74,75)/p+1/b13-10-,22-19-,23-20-,29-27-,30-28-,34-33-,38-36-,39-37-,46-43-,60-57+.